The summed E-state index contributed by atoms with van der Waals surface area (Å²) in [4.78, 5) is 8.51. The molecule has 146 heavy (non-hydrogen) atoms. The second-order valence-corrected chi connectivity index (χ2v) is 49.3. The van der Waals surface area contributed by atoms with Crippen molar-refractivity contribution in [2.24, 2.45) is 15.3 Å². The summed E-state index contributed by atoms with van der Waals surface area (Å²) in [5.74, 6) is 0. The van der Waals surface area contributed by atoms with E-state index in [2.05, 4.69) is 311 Å². The first-order valence-corrected chi connectivity index (χ1v) is 60.3. The smallest absolute Gasteiger partial charge is 0.399 e. The fourth-order valence-corrected chi connectivity index (χ4v) is 25.5. The number of nitrogens with zero attached hydrogens (tertiary/aromatic N) is 9. The normalized spacial score (nSPS) is 16.7. The third-order valence-corrected chi connectivity index (χ3v) is 36.2. The highest BCUT2D eigenvalue weighted by Crippen LogP contribution is 2.59. The maximum atomic E-state index is 8.50. The minimum absolute atomic E-state index is 0.0154. The summed E-state index contributed by atoms with van der Waals surface area (Å²) in [7, 11) is -0.769. The molecular weight excluding hydrogens is 1920 g/mol. The van der Waals surface area contributed by atoms with Gasteiger partial charge in [0.15, 0.2) is 0 Å². The van der Waals surface area contributed by atoms with Crippen LogP contribution in [0.1, 0.15) is 499 Å². The van der Waals surface area contributed by atoms with Gasteiger partial charge in [-0.1, -0.05) is 504 Å². The maximum Gasteiger partial charge on any atom is 0.494 e. The van der Waals surface area contributed by atoms with E-state index in [1.165, 1.54) is 430 Å². The van der Waals surface area contributed by atoms with Gasteiger partial charge in [-0.15, -0.1) is 0 Å². The molecule has 2 fully saturated rings. The summed E-state index contributed by atoms with van der Waals surface area (Å²) in [6, 6.07) is 57.1. The molecule has 790 valence electrons. The van der Waals surface area contributed by atoms with Crippen LogP contribution in [0, 0.1) is 13.8 Å². The van der Waals surface area contributed by atoms with Gasteiger partial charge in [0.25, 0.3) is 0 Å². The lowest BCUT2D eigenvalue weighted by atomic mass is 9.70. The lowest BCUT2D eigenvalue weighted by Crippen LogP contribution is -2.41. The van der Waals surface area contributed by atoms with Crippen LogP contribution in [0.3, 0.4) is 0 Å². The van der Waals surface area contributed by atoms with Gasteiger partial charge in [0.2, 0.25) is 0 Å². The summed E-state index contributed by atoms with van der Waals surface area (Å²) in [5, 5.41) is 10.9. The van der Waals surface area contributed by atoms with E-state index >= 15 is 0 Å². The van der Waals surface area contributed by atoms with Crippen molar-refractivity contribution < 1.29 is 18.6 Å². The molecule has 13 nitrogen and oxygen atoms in total. The molecule has 0 N–H and O–H groups in total. The molecule has 0 saturated carbocycles. The number of aryl methyl sites for hydroxylation is 2. The number of unbranched alkanes of at least 4 members (excludes halogenated alkanes) is 45. The molecule has 0 aromatic heterocycles. The Kier molecular flexibility index (Phi) is 46.5. The third kappa shape index (κ3) is 31.0. The van der Waals surface area contributed by atoms with Crippen LogP contribution in [0.4, 0.5) is 0 Å². The Hall–Kier alpha value is -7.38. The monoisotopic (exact) mass is 2100 g/mol. The molecule has 0 radical (unpaired) electrons. The third-order valence-electron chi connectivity index (χ3n) is 35.2. The van der Waals surface area contributed by atoms with E-state index in [4.69, 9.17) is 35.2 Å². The number of halogens is 2. The van der Waals surface area contributed by atoms with Crippen molar-refractivity contribution in [3.8, 4) is 55.6 Å². The first-order valence-electron chi connectivity index (χ1n) is 58.7. The molecule has 17 heteroatoms. The number of rotatable bonds is 64. The van der Waals surface area contributed by atoms with Crippen LogP contribution in [0.25, 0.3) is 87.0 Å². The Morgan fingerprint density at radius 1 is 0.240 bits per heavy atom. The Balaban J connectivity index is 0.000000210. The van der Waals surface area contributed by atoms with Crippen molar-refractivity contribution in [3.05, 3.63) is 242 Å². The summed E-state index contributed by atoms with van der Waals surface area (Å²) in [6.07, 6.45) is 71.5. The van der Waals surface area contributed by atoms with E-state index in [1.54, 1.807) is 11.1 Å². The van der Waals surface area contributed by atoms with Gasteiger partial charge in [-0.05, 0) is 285 Å². The van der Waals surface area contributed by atoms with Crippen LogP contribution in [-0.4, -0.2) is 56.3 Å². The van der Waals surface area contributed by atoms with Crippen LogP contribution < -0.4 is 10.9 Å². The lowest BCUT2D eigenvalue weighted by molar-refractivity contribution is 0.00578. The zero-order valence-corrected chi connectivity index (χ0v) is 96.6. The van der Waals surface area contributed by atoms with Crippen molar-refractivity contribution >= 4 is 57.0 Å². The van der Waals surface area contributed by atoms with E-state index in [-0.39, 0.29) is 58.3 Å². The maximum absolute atomic E-state index is 8.50. The molecule has 6 aliphatic rings. The first kappa shape index (κ1) is 117. The van der Waals surface area contributed by atoms with Gasteiger partial charge in [0, 0.05) is 65.0 Å². The average Bonchev–Trinajstić information content (AvgIpc) is 1.56. The van der Waals surface area contributed by atoms with Crippen molar-refractivity contribution in [2.45, 2.75) is 501 Å². The van der Waals surface area contributed by atoms with E-state index in [1.807, 2.05) is 0 Å². The van der Waals surface area contributed by atoms with Gasteiger partial charge in [0.1, 0.15) is 0 Å². The predicted octanol–water partition coefficient (Wildman–Crippen LogP) is 41.0. The number of azide groups is 3. The van der Waals surface area contributed by atoms with Gasteiger partial charge in [0.05, 0.1) is 22.4 Å². The Labute approximate surface area is 902 Å². The number of benzene rings is 8. The number of hydrogen-bond donors (Lipinski definition) is 0. The predicted molar refractivity (Wildman–Crippen MR) is 630 cm³/mol. The van der Waals surface area contributed by atoms with Crippen LogP contribution in [-0.2, 0) is 40.3 Å². The SMILES string of the molecule is CC1(CCCCCCCCCCCCN=[N+]=[N-])c2cc(B3OC(C)(C)C(C)(C)O3)ccc2-c2ccc(B3OC(C)(C)C(C)(C)O3)cc21.CC1(CCCCCCCCCCCCN=[N+]=[N-])c2cc(Br)ccc2-c2ccc(Br)cc21.CCCCCCCCCCCCC1(CCCCCCCCCCCC)c2cc(C)ccc2-c2ccc(-c3ccc4c(c3)C(C)(CCCCCCCCCCCCN=[N+]=[N-])c3cc(C)ccc3-4)cc21. The van der Waals surface area contributed by atoms with Crippen LogP contribution in [0.2, 0.25) is 0 Å². The minimum Gasteiger partial charge on any atom is -0.399 e. The molecule has 4 aliphatic carbocycles. The van der Waals surface area contributed by atoms with Gasteiger partial charge in [-0.3, -0.25) is 0 Å². The van der Waals surface area contributed by atoms with Crippen LogP contribution in [0.5, 0.6) is 0 Å². The zero-order chi connectivity index (χ0) is 104. The zero-order valence-electron chi connectivity index (χ0n) is 93.4. The molecule has 1 unspecified atom stereocenters. The van der Waals surface area contributed by atoms with Gasteiger partial charge in [-0.2, -0.15) is 0 Å². The van der Waals surface area contributed by atoms with Crippen LogP contribution in [0.15, 0.2) is 170 Å². The molecule has 14 rings (SSSR count). The molecule has 2 aliphatic heterocycles. The second kappa shape index (κ2) is 57.9. The molecule has 8 aromatic carbocycles. The fraction of sp³-hybridized carbons (Fsp3) is 0.628. The molecule has 8 aromatic rings. The Bertz CT molecular complexity index is 5400. The Morgan fingerprint density at radius 2 is 0.452 bits per heavy atom. The van der Waals surface area contributed by atoms with Crippen molar-refractivity contribution in [2.75, 3.05) is 19.6 Å². The highest BCUT2D eigenvalue weighted by Gasteiger charge is 2.55. The quantitative estimate of drug-likeness (QED) is 0.0121. The van der Waals surface area contributed by atoms with E-state index in [0.717, 1.165) is 43.0 Å². The Morgan fingerprint density at radius 3 is 0.747 bits per heavy atom. The lowest BCUT2D eigenvalue weighted by Gasteiger charge is -2.33. The van der Waals surface area contributed by atoms with E-state index in [9.17, 15) is 0 Å². The highest BCUT2D eigenvalue weighted by molar-refractivity contribution is 9.10. The van der Waals surface area contributed by atoms with Gasteiger partial charge in [-0.25, -0.2) is 0 Å². The molecule has 2 saturated heterocycles. The van der Waals surface area contributed by atoms with E-state index < -0.39 is 0 Å². The summed E-state index contributed by atoms with van der Waals surface area (Å²) in [6.45, 7) is 35.5. The molecule has 1 atom stereocenters. The average molecular weight is 2110 g/mol. The van der Waals surface area contributed by atoms with Crippen LogP contribution >= 0.6 is 31.9 Å². The topological polar surface area (TPSA) is 183 Å². The van der Waals surface area contributed by atoms with Crippen molar-refractivity contribution in [1.82, 2.24) is 0 Å². The molecule has 2 heterocycles. The molecular formula is C129H185B2Br2N9O4. The van der Waals surface area contributed by atoms with Crippen molar-refractivity contribution in [3.63, 3.8) is 0 Å². The second-order valence-electron chi connectivity index (χ2n) is 47.4. The molecule has 0 spiro atoms. The highest BCUT2D eigenvalue weighted by atomic mass is 79.9. The largest absolute Gasteiger partial charge is 0.494 e. The summed E-state index contributed by atoms with van der Waals surface area (Å²) < 4.78 is 28.3. The molecule has 0 bridgehead atoms. The first-order chi connectivity index (χ1) is 70.5. The van der Waals surface area contributed by atoms with Gasteiger partial charge >= 0.3 is 14.2 Å². The number of hydrogen-bond acceptors (Lipinski definition) is 7. The molecule has 0 amide bonds. The minimum atomic E-state index is -0.385. The van der Waals surface area contributed by atoms with Crippen molar-refractivity contribution in [1.29, 1.82) is 0 Å². The van der Waals surface area contributed by atoms with E-state index in [0.29, 0.717) is 19.6 Å². The summed E-state index contributed by atoms with van der Waals surface area (Å²) in [5.41, 5.74) is 54.7. The summed E-state index contributed by atoms with van der Waals surface area (Å²) >= 11 is 7.38. The fourth-order valence-electron chi connectivity index (χ4n) is 24.8. The van der Waals surface area contributed by atoms with Gasteiger partial charge < -0.3 is 18.6 Å². The number of fused-ring (bicyclic) bond motifs is 12. The standard InChI is InChI=1S/C65H95N3.C38H57B2N3O4.C26H33Br2N3/c1-6-8-10-12-14-16-21-25-29-33-45-65(46-34-30-26-22-17-15-13-11-9-7-2)62-49-53(4)37-41-58(62)59-43-39-55(51-63(59)65)54-38-42-57-56-40-36-52(3)48-60(56)64(5,61(57)50-54)44-32-28-24-20-18-19-23-27-31-35-47-67-68-66;1-34(2)35(3,4)45-39(44-34)28-20-22-30-31-23-21-29(40-46-36(5,6)37(7,8)47-40)27-33(31)38(9,32(30)26-28)24-18-16-14-12-10-11-13-15-17-19-25-42-43-41;1-26(16-10-8-6-4-2-3-5-7-9-11-17-30-31-29)24-18-20(27)12-14-22(24)23-15-13-21(28)19-25(23)26/h36-43,48-51H,6-35,44-47H2,1-5H3;20-23,26-27H,10-19,24-25H2,1-9H3;12-15,18-19H,2-11,16-17H2,1H3.